The van der Waals surface area contributed by atoms with E-state index in [4.69, 9.17) is 0 Å². The van der Waals surface area contributed by atoms with Crippen LogP contribution in [0.25, 0.3) is 0 Å². The topological polar surface area (TPSA) is 83.6 Å². The van der Waals surface area contributed by atoms with Crippen LogP contribution in [0.1, 0.15) is 43.1 Å². The van der Waals surface area contributed by atoms with Crippen molar-refractivity contribution in [2.24, 2.45) is 5.41 Å². The Balaban J connectivity index is 2.16. The molecule has 1 fully saturated rings. The van der Waals surface area contributed by atoms with E-state index in [2.05, 4.69) is 9.68 Å². The predicted octanol–water partition coefficient (Wildman–Crippen LogP) is 1.78. The fourth-order valence-corrected chi connectivity index (χ4v) is 2.75. The van der Waals surface area contributed by atoms with Gasteiger partial charge in [-0.2, -0.15) is 0 Å². The normalized spacial score (nSPS) is 23.3. The number of hydrogen-bond acceptors (Lipinski definition) is 4. The molecule has 1 N–H and O–H groups in total. The van der Waals surface area contributed by atoms with E-state index in [9.17, 15) is 14.7 Å². The second kappa shape index (κ2) is 5.42. The van der Waals surface area contributed by atoms with Crippen molar-refractivity contribution in [1.82, 2.24) is 10.1 Å². The summed E-state index contributed by atoms with van der Waals surface area (Å²) in [7, 11) is 0. The van der Waals surface area contributed by atoms with Crippen molar-refractivity contribution in [1.29, 1.82) is 0 Å². The highest BCUT2D eigenvalue weighted by molar-refractivity contribution is 5.92. The van der Waals surface area contributed by atoms with Gasteiger partial charge in [-0.25, -0.2) is 0 Å². The van der Waals surface area contributed by atoms with E-state index in [1.165, 1.54) is 12.3 Å². The molecule has 1 atom stereocenters. The summed E-state index contributed by atoms with van der Waals surface area (Å²) in [5, 5.41) is 13.1. The molecule has 2 heterocycles. The lowest BCUT2D eigenvalue weighted by molar-refractivity contribution is -0.152. The quantitative estimate of drug-likeness (QED) is 0.898. The SMILES string of the molecule is CCCC1(C(=O)O)CCCN(C(=O)c2ccon2)C1. The first kappa shape index (κ1) is 13.6. The zero-order valence-corrected chi connectivity index (χ0v) is 11.0. The molecule has 1 unspecified atom stereocenters. The van der Waals surface area contributed by atoms with Gasteiger partial charge in [-0.1, -0.05) is 18.5 Å². The minimum absolute atomic E-state index is 0.234. The maximum Gasteiger partial charge on any atom is 0.311 e. The fraction of sp³-hybridized carbons (Fsp3) is 0.615. The number of carbonyl (C=O) groups excluding carboxylic acids is 1. The molecule has 1 aliphatic heterocycles. The summed E-state index contributed by atoms with van der Waals surface area (Å²) in [5.74, 6) is -1.07. The van der Waals surface area contributed by atoms with Crippen LogP contribution in [0.3, 0.4) is 0 Å². The molecule has 0 aromatic carbocycles. The Kier molecular flexibility index (Phi) is 3.87. The lowest BCUT2D eigenvalue weighted by Gasteiger charge is -2.39. The molecule has 1 amide bonds. The molecule has 0 aliphatic carbocycles. The van der Waals surface area contributed by atoms with Gasteiger partial charge in [-0.3, -0.25) is 9.59 Å². The molecule has 1 aromatic rings. The summed E-state index contributed by atoms with van der Waals surface area (Å²) in [6.45, 7) is 2.79. The van der Waals surface area contributed by atoms with Gasteiger partial charge >= 0.3 is 5.97 Å². The molecule has 1 aromatic heterocycles. The van der Waals surface area contributed by atoms with Gasteiger partial charge in [0.25, 0.3) is 5.91 Å². The Labute approximate surface area is 111 Å². The number of rotatable bonds is 4. The van der Waals surface area contributed by atoms with Crippen LogP contribution in [-0.2, 0) is 4.79 Å². The van der Waals surface area contributed by atoms with Crippen LogP contribution in [0.2, 0.25) is 0 Å². The molecule has 0 spiro atoms. The zero-order valence-electron chi connectivity index (χ0n) is 11.0. The average Bonchev–Trinajstić information content (AvgIpc) is 2.92. The molecule has 2 rings (SSSR count). The highest BCUT2D eigenvalue weighted by Crippen LogP contribution is 2.35. The van der Waals surface area contributed by atoms with Crippen LogP contribution in [0.5, 0.6) is 0 Å². The number of carboxylic acid groups (broad SMARTS) is 1. The molecule has 19 heavy (non-hydrogen) atoms. The largest absolute Gasteiger partial charge is 0.481 e. The minimum Gasteiger partial charge on any atom is -0.481 e. The minimum atomic E-state index is -0.813. The highest BCUT2D eigenvalue weighted by atomic mass is 16.5. The Morgan fingerprint density at radius 3 is 2.95 bits per heavy atom. The van der Waals surface area contributed by atoms with Gasteiger partial charge in [0.1, 0.15) is 6.26 Å². The maximum absolute atomic E-state index is 12.2. The number of aliphatic carboxylic acids is 1. The first-order valence-electron chi connectivity index (χ1n) is 6.52. The van der Waals surface area contributed by atoms with Gasteiger partial charge in [-0.15, -0.1) is 0 Å². The molecule has 1 aliphatic rings. The standard InChI is InChI=1S/C13H18N2O4/c1-2-5-13(12(17)18)6-3-7-15(9-13)11(16)10-4-8-19-14-10/h4,8H,2-3,5-7,9H2,1H3,(H,17,18). The summed E-state index contributed by atoms with van der Waals surface area (Å²) in [5.41, 5.74) is -0.579. The van der Waals surface area contributed by atoms with Crippen LogP contribution in [0, 0.1) is 5.41 Å². The summed E-state index contributed by atoms with van der Waals surface area (Å²) >= 11 is 0. The van der Waals surface area contributed by atoms with E-state index in [-0.39, 0.29) is 18.1 Å². The van der Waals surface area contributed by atoms with Gasteiger partial charge in [0.15, 0.2) is 5.69 Å². The molecule has 6 heteroatoms. The Hall–Kier alpha value is -1.85. The van der Waals surface area contributed by atoms with Gasteiger partial charge in [0.2, 0.25) is 0 Å². The Morgan fingerprint density at radius 2 is 2.37 bits per heavy atom. The number of hydrogen-bond donors (Lipinski definition) is 1. The molecule has 0 saturated carbocycles. The number of carbonyl (C=O) groups is 2. The molecule has 6 nitrogen and oxygen atoms in total. The van der Waals surface area contributed by atoms with Gasteiger partial charge in [0.05, 0.1) is 5.41 Å². The van der Waals surface area contributed by atoms with Crippen molar-refractivity contribution in [3.63, 3.8) is 0 Å². The van der Waals surface area contributed by atoms with Gasteiger partial charge in [0, 0.05) is 19.2 Å². The van der Waals surface area contributed by atoms with Crippen LogP contribution in [0.4, 0.5) is 0 Å². The second-order valence-electron chi connectivity index (χ2n) is 5.05. The zero-order chi connectivity index (χ0) is 13.9. The van der Waals surface area contributed by atoms with Crippen molar-refractivity contribution in [3.05, 3.63) is 18.0 Å². The summed E-state index contributed by atoms with van der Waals surface area (Å²) < 4.78 is 4.66. The predicted molar refractivity (Wildman–Crippen MR) is 66.6 cm³/mol. The lowest BCUT2D eigenvalue weighted by atomic mass is 9.76. The maximum atomic E-state index is 12.2. The number of piperidine rings is 1. The Morgan fingerprint density at radius 1 is 1.58 bits per heavy atom. The van der Waals surface area contributed by atoms with Gasteiger partial charge < -0.3 is 14.5 Å². The smallest absolute Gasteiger partial charge is 0.311 e. The molecule has 0 bridgehead atoms. The third kappa shape index (κ3) is 2.62. The highest BCUT2D eigenvalue weighted by Gasteiger charge is 2.43. The fourth-order valence-electron chi connectivity index (χ4n) is 2.75. The monoisotopic (exact) mass is 266 g/mol. The lowest BCUT2D eigenvalue weighted by Crippen LogP contribution is -2.50. The average molecular weight is 266 g/mol. The number of aromatic nitrogens is 1. The van der Waals surface area contributed by atoms with Crippen molar-refractivity contribution in [3.8, 4) is 0 Å². The third-order valence-electron chi connectivity index (χ3n) is 3.70. The summed E-state index contributed by atoms with van der Waals surface area (Å²) in [6, 6.07) is 1.50. The molecular weight excluding hydrogens is 248 g/mol. The van der Waals surface area contributed by atoms with E-state index in [0.717, 1.165) is 6.42 Å². The van der Waals surface area contributed by atoms with E-state index >= 15 is 0 Å². The summed E-state index contributed by atoms with van der Waals surface area (Å²) in [6.07, 6.45) is 4.05. The Bertz CT molecular complexity index is 453. The number of nitrogens with zero attached hydrogens (tertiary/aromatic N) is 2. The van der Waals surface area contributed by atoms with E-state index in [0.29, 0.717) is 25.8 Å². The third-order valence-corrected chi connectivity index (χ3v) is 3.70. The van der Waals surface area contributed by atoms with Crippen LogP contribution < -0.4 is 0 Å². The number of amides is 1. The first-order valence-corrected chi connectivity index (χ1v) is 6.52. The van der Waals surface area contributed by atoms with Crippen LogP contribution >= 0.6 is 0 Å². The summed E-state index contributed by atoms with van der Waals surface area (Å²) in [4.78, 5) is 25.3. The first-order chi connectivity index (χ1) is 9.09. The van der Waals surface area contributed by atoms with Crippen LogP contribution in [-0.4, -0.2) is 40.1 Å². The number of carboxylic acids is 1. The molecule has 0 radical (unpaired) electrons. The second-order valence-corrected chi connectivity index (χ2v) is 5.05. The van der Waals surface area contributed by atoms with Gasteiger partial charge in [-0.05, 0) is 19.3 Å². The van der Waals surface area contributed by atoms with E-state index < -0.39 is 11.4 Å². The van der Waals surface area contributed by atoms with E-state index in [1.807, 2.05) is 6.92 Å². The van der Waals surface area contributed by atoms with Crippen molar-refractivity contribution in [2.75, 3.05) is 13.1 Å². The molecular formula is C13H18N2O4. The van der Waals surface area contributed by atoms with Crippen molar-refractivity contribution < 1.29 is 19.2 Å². The van der Waals surface area contributed by atoms with Crippen LogP contribution in [0.15, 0.2) is 16.9 Å². The molecule has 1 saturated heterocycles. The van der Waals surface area contributed by atoms with E-state index in [1.54, 1.807) is 4.90 Å². The number of likely N-dealkylation sites (tertiary alicyclic amines) is 1. The molecule has 104 valence electrons. The van der Waals surface area contributed by atoms with Crippen molar-refractivity contribution >= 4 is 11.9 Å². The van der Waals surface area contributed by atoms with Crippen molar-refractivity contribution in [2.45, 2.75) is 32.6 Å².